The molecule has 0 saturated heterocycles. The Kier molecular flexibility index (Phi) is 6.51. The molecule has 3 rings (SSSR count). The molecule has 0 aliphatic heterocycles. The number of benzene rings is 3. The summed E-state index contributed by atoms with van der Waals surface area (Å²) in [4.78, 5) is 24.1. The maximum atomic E-state index is 13.0. The second-order valence-electron chi connectivity index (χ2n) is 6.62. The van der Waals surface area contributed by atoms with Crippen molar-refractivity contribution in [3.05, 3.63) is 102 Å². The van der Waals surface area contributed by atoms with Crippen LogP contribution in [0.3, 0.4) is 0 Å². The van der Waals surface area contributed by atoms with E-state index in [1.807, 2.05) is 66.0 Å². The molecule has 4 nitrogen and oxygen atoms in total. The van der Waals surface area contributed by atoms with E-state index in [0.29, 0.717) is 5.56 Å². The first-order chi connectivity index (χ1) is 14.3. The zero-order valence-corrected chi connectivity index (χ0v) is 15.8. The van der Waals surface area contributed by atoms with Crippen LogP contribution in [0.25, 0.3) is 0 Å². The van der Waals surface area contributed by atoms with Crippen molar-refractivity contribution in [2.24, 2.45) is 0 Å². The fraction of sp³-hybridized carbons (Fsp3) is 0.130. The van der Waals surface area contributed by atoms with E-state index in [2.05, 4.69) is 5.32 Å². The molecule has 0 spiro atoms. The van der Waals surface area contributed by atoms with Crippen LogP contribution < -0.4 is 10.6 Å². The second kappa shape index (κ2) is 9.26. The topological polar surface area (TPSA) is 58.2 Å². The fourth-order valence-electron chi connectivity index (χ4n) is 3.04. The van der Waals surface area contributed by atoms with E-state index in [4.69, 9.17) is 0 Å². The SMILES string of the molecule is O=C(NCc1cccc(NC(=O)C(F)(F)F)c1)C(c1ccccc1)c1ccccc1. The zero-order chi connectivity index (χ0) is 21.6. The molecule has 0 fully saturated rings. The molecule has 0 bridgehead atoms. The van der Waals surface area contributed by atoms with Gasteiger partial charge >= 0.3 is 12.1 Å². The largest absolute Gasteiger partial charge is 0.471 e. The maximum Gasteiger partial charge on any atom is 0.471 e. The molecule has 0 saturated carbocycles. The van der Waals surface area contributed by atoms with E-state index in [1.165, 1.54) is 18.2 Å². The molecule has 0 unspecified atom stereocenters. The van der Waals surface area contributed by atoms with Gasteiger partial charge < -0.3 is 10.6 Å². The summed E-state index contributed by atoms with van der Waals surface area (Å²) >= 11 is 0. The highest BCUT2D eigenvalue weighted by Crippen LogP contribution is 2.25. The maximum absolute atomic E-state index is 13.0. The molecule has 3 aromatic rings. The number of nitrogens with one attached hydrogen (secondary N) is 2. The molecule has 7 heteroatoms. The molecule has 0 atom stereocenters. The molecular weight excluding hydrogens is 393 g/mol. The summed E-state index contributed by atoms with van der Waals surface area (Å²) in [5.41, 5.74) is 2.22. The van der Waals surface area contributed by atoms with Crippen molar-refractivity contribution in [1.82, 2.24) is 5.32 Å². The van der Waals surface area contributed by atoms with Gasteiger partial charge in [0.15, 0.2) is 0 Å². The van der Waals surface area contributed by atoms with Crippen molar-refractivity contribution >= 4 is 17.5 Å². The van der Waals surface area contributed by atoms with E-state index in [1.54, 1.807) is 6.07 Å². The van der Waals surface area contributed by atoms with Crippen molar-refractivity contribution < 1.29 is 22.8 Å². The minimum absolute atomic E-state index is 0.00624. The zero-order valence-electron chi connectivity index (χ0n) is 15.8. The van der Waals surface area contributed by atoms with Gasteiger partial charge in [0.1, 0.15) is 0 Å². The first-order valence-electron chi connectivity index (χ1n) is 9.19. The van der Waals surface area contributed by atoms with Crippen molar-refractivity contribution in [2.75, 3.05) is 5.32 Å². The molecule has 3 aromatic carbocycles. The highest BCUT2D eigenvalue weighted by atomic mass is 19.4. The lowest BCUT2D eigenvalue weighted by Crippen LogP contribution is -2.30. The average molecular weight is 412 g/mol. The van der Waals surface area contributed by atoms with E-state index >= 15 is 0 Å². The third-order valence-electron chi connectivity index (χ3n) is 4.44. The predicted octanol–water partition coefficient (Wildman–Crippen LogP) is 4.64. The normalized spacial score (nSPS) is 11.2. The number of hydrogen-bond acceptors (Lipinski definition) is 2. The first-order valence-corrected chi connectivity index (χ1v) is 9.19. The Bertz CT molecular complexity index is 966. The summed E-state index contributed by atoms with van der Waals surface area (Å²) < 4.78 is 37.3. The predicted molar refractivity (Wildman–Crippen MR) is 108 cm³/mol. The van der Waals surface area contributed by atoms with Gasteiger partial charge in [-0.15, -0.1) is 0 Å². The van der Waals surface area contributed by atoms with Gasteiger partial charge in [-0.1, -0.05) is 72.8 Å². The molecule has 154 valence electrons. The van der Waals surface area contributed by atoms with Crippen molar-refractivity contribution in [3.63, 3.8) is 0 Å². The minimum Gasteiger partial charge on any atom is -0.351 e. The van der Waals surface area contributed by atoms with Crippen LogP contribution in [0, 0.1) is 0 Å². The standard InChI is InChI=1S/C23H19F3N2O2/c24-23(25,26)22(30)28-19-13-7-8-16(14-19)15-27-21(29)20(17-9-3-1-4-10-17)18-11-5-2-6-12-18/h1-14,20H,15H2,(H,27,29)(H,28,30). The summed E-state index contributed by atoms with van der Waals surface area (Å²) in [5, 5.41) is 4.64. The number of rotatable bonds is 6. The summed E-state index contributed by atoms with van der Waals surface area (Å²) in [5.74, 6) is -2.81. The Morgan fingerprint density at radius 3 is 1.90 bits per heavy atom. The fourth-order valence-corrected chi connectivity index (χ4v) is 3.04. The smallest absolute Gasteiger partial charge is 0.351 e. The monoisotopic (exact) mass is 412 g/mol. The molecule has 0 heterocycles. The third-order valence-corrected chi connectivity index (χ3v) is 4.44. The highest BCUT2D eigenvalue weighted by molar-refractivity contribution is 5.95. The Balaban J connectivity index is 1.73. The lowest BCUT2D eigenvalue weighted by molar-refractivity contribution is -0.167. The van der Waals surface area contributed by atoms with Crippen molar-refractivity contribution in [3.8, 4) is 0 Å². The summed E-state index contributed by atoms with van der Waals surface area (Å²) in [6.45, 7) is 0.102. The van der Waals surface area contributed by atoms with E-state index in [-0.39, 0.29) is 18.1 Å². The van der Waals surface area contributed by atoms with Crippen LogP contribution >= 0.6 is 0 Å². The van der Waals surface area contributed by atoms with Crippen LogP contribution in [0.15, 0.2) is 84.9 Å². The number of alkyl halides is 3. The van der Waals surface area contributed by atoms with Crippen molar-refractivity contribution in [2.45, 2.75) is 18.6 Å². The van der Waals surface area contributed by atoms with E-state index in [0.717, 1.165) is 11.1 Å². The second-order valence-corrected chi connectivity index (χ2v) is 6.62. The molecule has 0 aliphatic carbocycles. The number of halogens is 3. The number of anilines is 1. The first kappa shape index (κ1) is 21.1. The van der Waals surface area contributed by atoms with Crippen molar-refractivity contribution in [1.29, 1.82) is 0 Å². The highest BCUT2D eigenvalue weighted by Gasteiger charge is 2.38. The van der Waals surface area contributed by atoms with E-state index in [9.17, 15) is 22.8 Å². The Hall–Kier alpha value is -3.61. The van der Waals surface area contributed by atoms with Gasteiger partial charge in [-0.05, 0) is 28.8 Å². The van der Waals surface area contributed by atoms with Gasteiger partial charge in [-0.25, -0.2) is 0 Å². The molecule has 0 radical (unpaired) electrons. The number of amides is 2. The van der Waals surface area contributed by atoms with Gasteiger partial charge in [0.05, 0.1) is 5.92 Å². The van der Waals surface area contributed by atoms with Gasteiger partial charge in [0.25, 0.3) is 0 Å². The van der Waals surface area contributed by atoms with Gasteiger partial charge in [0.2, 0.25) is 5.91 Å². The van der Waals surface area contributed by atoms with E-state index < -0.39 is 18.0 Å². The van der Waals surface area contributed by atoms with Gasteiger partial charge in [-0.2, -0.15) is 13.2 Å². The molecular formula is C23H19F3N2O2. The van der Waals surface area contributed by atoms with Crippen LogP contribution in [-0.4, -0.2) is 18.0 Å². The quantitative estimate of drug-likeness (QED) is 0.620. The molecule has 0 aromatic heterocycles. The molecule has 0 aliphatic rings. The summed E-state index contributed by atoms with van der Waals surface area (Å²) in [6.07, 6.45) is -4.97. The summed E-state index contributed by atoms with van der Waals surface area (Å²) in [7, 11) is 0. The minimum atomic E-state index is -4.97. The Labute approximate surface area is 171 Å². The molecule has 2 amide bonds. The van der Waals surface area contributed by atoms with Crippen LogP contribution in [0.2, 0.25) is 0 Å². The summed E-state index contributed by atoms with van der Waals surface area (Å²) in [6, 6.07) is 24.5. The van der Waals surface area contributed by atoms with Crippen LogP contribution in [0.4, 0.5) is 18.9 Å². The number of carbonyl (C=O) groups excluding carboxylic acids is 2. The van der Waals surface area contributed by atoms with Crippen LogP contribution in [0.5, 0.6) is 0 Å². The third kappa shape index (κ3) is 5.47. The molecule has 30 heavy (non-hydrogen) atoms. The number of hydrogen-bond donors (Lipinski definition) is 2. The van der Waals surface area contributed by atoms with Gasteiger partial charge in [0, 0.05) is 12.2 Å². The average Bonchev–Trinajstić information content (AvgIpc) is 2.74. The number of carbonyl (C=O) groups is 2. The van der Waals surface area contributed by atoms with Crippen LogP contribution in [0.1, 0.15) is 22.6 Å². The Morgan fingerprint density at radius 1 is 0.800 bits per heavy atom. The molecule has 2 N–H and O–H groups in total. The lowest BCUT2D eigenvalue weighted by Gasteiger charge is -2.18. The van der Waals surface area contributed by atoms with Crippen LogP contribution in [-0.2, 0) is 16.1 Å². The lowest BCUT2D eigenvalue weighted by atomic mass is 9.90. The Morgan fingerprint density at radius 2 is 1.37 bits per heavy atom. The van der Waals surface area contributed by atoms with Gasteiger partial charge in [-0.3, -0.25) is 9.59 Å².